The summed E-state index contributed by atoms with van der Waals surface area (Å²) in [5.74, 6) is 1.35. The van der Waals surface area contributed by atoms with Gasteiger partial charge in [-0.3, -0.25) is 4.79 Å². The molecule has 1 aliphatic heterocycles. The van der Waals surface area contributed by atoms with Crippen molar-refractivity contribution in [3.63, 3.8) is 0 Å². The minimum atomic E-state index is -0.0458. The van der Waals surface area contributed by atoms with Crippen LogP contribution >= 0.6 is 0 Å². The molecule has 0 atom stereocenters. The van der Waals surface area contributed by atoms with Crippen LogP contribution in [-0.4, -0.2) is 19.1 Å². The molecule has 1 N–H and O–H groups in total. The van der Waals surface area contributed by atoms with Crippen molar-refractivity contribution in [2.75, 3.05) is 18.5 Å². The third-order valence-corrected chi connectivity index (χ3v) is 3.31. The third-order valence-electron chi connectivity index (χ3n) is 3.31. The highest BCUT2D eigenvalue weighted by Gasteiger charge is 2.12. The van der Waals surface area contributed by atoms with E-state index < -0.39 is 0 Å². The minimum absolute atomic E-state index is 0.0458. The molecule has 0 saturated heterocycles. The van der Waals surface area contributed by atoms with Crippen molar-refractivity contribution in [3.05, 3.63) is 53.6 Å². The highest BCUT2D eigenvalue weighted by atomic mass is 16.6. The van der Waals surface area contributed by atoms with Crippen molar-refractivity contribution in [1.29, 1.82) is 0 Å². The van der Waals surface area contributed by atoms with Crippen molar-refractivity contribution in [3.8, 4) is 11.5 Å². The van der Waals surface area contributed by atoms with Gasteiger partial charge in [-0.2, -0.15) is 0 Å². The Bertz CT molecular complexity index is 650. The van der Waals surface area contributed by atoms with Gasteiger partial charge in [0.05, 0.1) is 6.42 Å². The monoisotopic (exact) mass is 283 g/mol. The first kappa shape index (κ1) is 13.5. The molecule has 2 aromatic rings. The highest BCUT2D eigenvalue weighted by Crippen LogP contribution is 2.32. The summed E-state index contributed by atoms with van der Waals surface area (Å²) < 4.78 is 11.0. The van der Waals surface area contributed by atoms with E-state index in [9.17, 15) is 4.79 Å². The van der Waals surface area contributed by atoms with E-state index in [-0.39, 0.29) is 5.91 Å². The van der Waals surface area contributed by atoms with Gasteiger partial charge in [0.25, 0.3) is 0 Å². The second-order valence-electron chi connectivity index (χ2n) is 5.07. The lowest BCUT2D eigenvalue weighted by Crippen LogP contribution is -2.17. The Balaban J connectivity index is 1.65. The molecule has 0 aromatic heterocycles. The number of anilines is 1. The van der Waals surface area contributed by atoms with Crippen LogP contribution in [0, 0.1) is 6.92 Å². The zero-order chi connectivity index (χ0) is 14.7. The van der Waals surface area contributed by atoms with Crippen LogP contribution in [0.3, 0.4) is 0 Å². The fourth-order valence-corrected chi connectivity index (χ4v) is 2.22. The van der Waals surface area contributed by atoms with E-state index in [0.717, 1.165) is 17.0 Å². The summed E-state index contributed by atoms with van der Waals surface area (Å²) in [7, 11) is 0. The van der Waals surface area contributed by atoms with E-state index in [1.165, 1.54) is 5.56 Å². The number of hydrogen-bond donors (Lipinski definition) is 1. The number of benzene rings is 2. The molecule has 4 heteroatoms. The molecule has 0 saturated carbocycles. The zero-order valence-corrected chi connectivity index (χ0v) is 11.9. The van der Waals surface area contributed by atoms with E-state index in [4.69, 9.17) is 9.47 Å². The number of aryl methyl sites for hydroxylation is 1. The molecule has 0 unspecified atom stereocenters. The summed E-state index contributed by atoms with van der Waals surface area (Å²) in [5, 5.41) is 2.88. The van der Waals surface area contributed by atoms with Gasteiger partial charge in [0.2, 0.25) is 5.91 Å². The van der Waals surface area contributed by atoms with Gasteiger partial charge in [-0.15, -0.1) is 0 Å². The van der Waals surface area contributed by atoms with Gasteiger partial charge in [-0.05, 0) is 24.6 Å². The van der Waals surface area contributed by atoms with Gasteiger partial charge in [-0.25, -0.2) is 0 Å². The smallest absolute Gasteiger partial charge is 0.228 e. The Kier molecular flexibility index (Phi) is 3.77. The molecule has 0 bridgehead atoms. The number of fused-ring (bicyclic) bond motifs is 1. The standard InChI is InChI=1S/C17H17NO3/c1-12-2-4-13(5-3-12)10-17(19)18-14-6-7-15-16(11-14)21-9-8-20-15/h2-7,11H,8-10H2,1H3,(H,18,19). The van der Waals surface area contributed by atoms with Crippen LogP contribution in [0.25, 0.3) is 0 Å². The Morgan fingerprint density at radius 3 is 2.52 bits per heavy atom. The van der Waals surface area contributed by atoms with Gasteiger partial charge >= 0.3 is 0 Å². The topological polar surface area (TPSA) is 47.6 Å². The van der Waals surface area contributed by atoms with E-state index in [1.54, 1.807) is 6.07 Å². The SMILES string of the molecule is Cc1ccc(CC(=O)Nc2ccc3c(c2)OCCO3)cc1. The maximum atomic E-state index is 12.1. The van der Waals surface area contributed by atoms with Crippen molar-refractivity contribution in [2.24, 2.45) is 0 Å². The van der Waals surface area contributed by atoms with Crippen molar-refractivity contribution < 1.29 is 14.3 Å². The third kappa shape index (κ3) is 3.34. The van der Waals surface area contributed by atoms with Gasteiger partial charge in [-0.1, -0.05) is 29.8 Å². The largest absolute Gasteiger partial charge is 0.486 e. The average Bonchev–Trinajstić information content (AvgIpc) is 2.49. The second kappa shape index (κ2) is 5.87. The summed E-state index contributed by atoms with van der Waals surface area (Å²) in [4.78, 5) is 12.1. The fraction of sp³-hybridized carbons (Fsp3) is 0.235. The summed E-state index contributed by atoms with van der Waals surface area (Å²) in [6.45, 7) is 3.12. The Morgan fingerprint density at radius 2 is 1.76 bits per heavy atom. The number of ether oxygens (including phenoxy) is 2. The average molecular weight is 283 g/mol. The van der Waals surface area contributed by atoms with E-state index in [1.807, 2.05) is 43.3 Å². The van der Waals surface area contributed by atoms with Crippen LogP contribution < -0.4 is 14.8 Å². The molecule has 21 heavy (non-hydrogen) atoms. The van der Waals surface area contributed by atoms with Crippen molar-refractivity contribution >= 4 is 11.6 Å². The number of hydrogen-bond acceptors (Lipinski definition) is 3. The van der Waals surface area contributed by atoms with Gasteiger partial charge in [0, 0.05) is 11.8 Å². The molecule has 1 aliphatic rings. The molecule has 0 radical (unpaired) electrons. The zero-order valence-electron chi connectivity index (χ0n) is 11.9. The van der Waals surface area contributed by atoms with Crippen LogP contribution in [-0.2, 0) is 11.2 Å². The molecule has 108 valence electrons. The van der Waals surface area contributed by atoms with Gasteiger partial charge in [0.15, 0.2) is 11.5 Å². The summed E-state index contributed by atoms with van der Waals surface area (Å²) in [5.41, 5.74) is 2.90. The molecule has 0 fully saturated rings. The lowest BCUT2D eigenvalue weighted by molar-refractivity contribution is -0.115. The second-order valence-corrected chi connectivity index (χ2v) is 5.07. The number of carbonyl (C=O) groups excluding carboxylic acids is 1. The van der Waals surface area contributed by atoms with Crippen molar-refractivity contribution in [1.82, 2.24) is 0 Å². The summed E-state index contributed by atoms with van der Waals surface area (Å²) >= 11 is 0. The van der Waals surface area contributed by atoms with Crippen LogP contribution in [0.2, 0.25) is 0 Å². The summed E-state index contributed by atoms with van der Waals surface area (Å²) in [6.07, 6.45) is 0.356. The van der Waals surface area contributed by atoms with Crippen molar-refractivity contribution in [2.45, 2.75) is 13.3 Å². The van der Waals surface area contributed by atoms with Gasteiger partial charge < -0.3 is 14.8 Å². The Hall–Kier alpha value is -2.49. The minimum Gasteiger partial charge on any atom is -0.486 e. The molecular formula is C17H17NO3. The molecule has 1 heterocycles. The van der Waals surface area contributed by atoms with Crippen LogP contribution in [0.15, 0.2) is 42.5 Å². The van der Waals surface area contributed by atoms with Crippen LogP contribution in [0.4, 0.5) is 5.69 Å². The molecule has 3 rings (SSSR count). The molecule has 4 nitrogen and oxygen atoms in total. The predicted molar refractivity (Wildman–Crippen MR) is 80.9 cm³/mol. The molecular weight excluding hydrogens is 266 g/mol. The highest BCUT2D eigenvalue weighted by molar-refractivity contribution is 5.92. The van der Waals surface area contributed by atoms with E-state index in [2.05, 4.69) is 5.32 Å². The summed E-state index contributed by atoms with van der Waals surface area (Å²) in [6, 6.07) is 13.4. The van der Waals surface area contributed by atoms with E-state index in [0.29, 0.717) is 25.4 Å². The number of carbonyl (C=O) groups is 1. The first-order valence-corrected chi connectivity index (χ1v) is 6.96. The molecule has 0 aliphatic carbocycles. The maximum Gasteiger partial charge on any atom is 0.228 e. The van der Waals surface area contributed by atoms with Crippen LogP contribution in [0.1, 0.15) is 11.1 Å². The molecule has 2 aromatic carbocycles. The Labute approximate surface area is 123 Å². The molecule has 0 spiro atoms. The molecule has 1 amide bonds. The number of rotatable bonds is 3. The normalized spacial score (nSPS) is 12.8. The first-order chi connectivity index (χ1) is 10.2. The lowest BCUT2D eigenvalue weighted by Gasteiger charge is -2.19. The van der Waals surface area contributed by atoms with Gasteiger partial charge in [0.1, 0.15) is 13.2 Å². The first-order valence-electron chi connectivity index (χ1n) is 6.96. The Morgan fingerprint density at radius 1 is 1.05 bits per heavy atom. The van der Waals surface area contributed by atoms with Crippen LogP contribution in [0.5, 0.6) is 11.5 Å². The number of amides is 1. The number of nitrogens with one attached hydrogen (secondary N) is 1. The predicted octanol–water partition coefficient (Wildman–Crippen LogP) is 2.95. The quantitative estimate of drug-likeness (QED) is 0.942. The lowest BCUT2D eigenvalue weighted by atomic mass is 10.1. The fourth-order valence-electron chi connectivity index (χ4n) is 2.22. The maximum absolute atomic E-state index is 12.1. The van der Waals surface area contributed by atoms with E-state index >= 15 is 0 Å².